The zero-order chi connectivity index (χ0) is 17.8. The Morgan fingerprint density at radius 1 is 1.20 bits per heavy atom. The summed E-state index contributed by atoms with van der Waals surface area (Å²) in [7, 11) is 3.17. The molecular weight excluding hydrogens is 324 g/mol. The molecule has 0 radical (unpaired) electrons. The Morgan fingerprint density at radius 3 is 2.68 bits per heavy atom. The molecule has 7 nitrogen and oxygen atoms in total. The standard InChI is InChI=1S/C18H18N2O5/c1-23-17-8-7-12(10-18(17)24-2)9-13-11-15(19-25-13)14-5-3-4-6-16(14)20(21)22/h3-8,10,13H,9,11H2,1-2H3. The van der Waals surface area contributed by atoms with Crippen LogP contribution < -0.4 is 9.47 Å². The molecule has 0 saturated heterocycles. The maximum absolute atomic E-state index is 11.2. The number of hydrogen-bond donors (Lipinski definition) is 0. The molecular formula is C18H18N2O5. The van der Waals surface area contributed by atoms with Crippen molar-refractivity contribution in [3.8, 4) is 11.5 Å². The summed E-state index contributed by atoms with van der Waals surface area (Å²) in [5.41, 5.74) is 2.15. The monoisotopic (exact) mass is 342 g/mol. The Balaban J connectivity index is 1.72. The third-order valence-corrected chi connectivity index (χ3v) is 4.06. The van der Waals surface area contributed by atoms with Gasteiger partial charge in [-0.2, -0.15) is 0 Å². The minimum absolute atomic E-state index is 0.0385. The Kier molecular flexibility index (Phi) is 4.83. The summed E-state index contributed by atoms with van der Waals surface area (Å²) in [6.07, 6.45) is 0.959. The maximum atomic E-state index is 11.2. The van der Waals surface area contributed by atoms with Gasteiger partial charge in [0.15, 0.2) is 11.5 Å². The highest BCUT2D eigenvalue weighted by Crippen LogP contribution is 2.30. The molecule has 0 aromatic heterocycles. The SMILES string of the molecule is COc1ccc(CC2CC(c3ccccc3[N+](=O)[O-])=NO2)cc1OC. The third kappa shape index (κ3) is 3.55. The van der Waals surface area contributed by atoms with E-state index in [1.165, 1.54) is 6.07 Å². The van der Waals surface area contributed by atoms with E-state index in [2.05, 4.69) is 5.16 Å². The number of rotatable bonds is 6. The first-order valence-corrected chi connectivity index (χ1v) is 7.79. The van der Waals surface area contributed by atoms with E-state index in [0.717, 1.165) is 5.56 Å². The fourth-order valence-electron chi connectivity index (χ4n) is 2.84. The summed E-state index contributed by atoms with van der Waals surface area (Å²) in [4.78, 5) is 16.2. The van der Waals surface area contributed by atoms with Gasteiger partial charge in [-0.1, -0.05) is 23.4 Å². The number of hydrogen-bond acceptors (Lipinski definition) is 6. The van der Waals surface area contributed by atoms with Crippen molar-refractivity contribution in [3.05, 3.63) is 63.7 Å². The number of nitrogens with zero attached hydrogens (tertiary/aromatic N) is 2. The zero-order valence-electron chi connectivity index (χ0n) is 14.0. The highest BCUT2D eigenvalue weighted by molar-refractivity contribution is 6.04. The fourth-order valence-corrected chi connectivity index (χ4v) is 2.84. The second-order valence-electron chi connectivity index (χ2n) is 5.64. The van der Waals surface area contributed by atoms with Gasteiger partial charge in [-0.05, 0) is 23.8 Å². The topological polar surface area (TPSA) is 83.2 Å². The van der Waals surface area contributed by atoms with E-state index in [1.807, 2.05) is 18.2 Å². The highest BCUT2D eigenvalue weighted by atomic mass is 16.6. The summed E-state index contributed by atoms with van der Waals surface area (Å²) < 4.78 is 10.5. The molecule has 0 N–H and O–H groups in total. The number of benzene rings is 2. The average Bonchev–Trinajstić information content (AvgIpc) is 3.09. The lowest BCUT2D eigenvalue weighted by Gasteiger charge is -2.12. The second-order valence-corrected chi connectivity index (χ2v) is 5.64. The van der Waals surface area contributed by atoms with Gasteiger partial charge in [0.1, 0.15) is 6.10 Å². The summed E-state index contributed by atoms with van der Waals surface area (Å²) in [5.74, 6) is 1.31. The first-order chi connectivity index (χ1) is 12.1. The van der Waals surface area contributed by atoms with Gasteiger partial charge in [0.2, 0.25) is 0 Å². The van der Waals surface area contributed by atoms with Crippen molar-refractivity contribution in [2.45, 2.75) is 18.9 Å². The predicted octanol–water partition coefficient (Wildman–Crippen LogP) is 3.35. The molecule has 1 atom stereocenters. The van der Waals surface area contributed by atoms with Crippen molar-refractivity contribution < 1.29 is 19.2 Å². The minimum Gasteiger partial charge on any atom is -0.493 e. The van der Waals surface area contributed by atoms with Gasteiger partial charge in [0.25, 0.3) is 5.69 Å². The first kappa shape index (κ1) is 16.8. The molecule has 0 bridgehead atoms. The van der Waals surface area contributed by atoms with Crippen molar-refractivity contribution in [2.24, 2.45) is 5.16 Å². The number of para-hydroxylation sites is 1. The van der Waals surface area contributed by atoms with E-state index < -0.39 is 4.92 Å². The number of ether oxygens (including phenoxy) is 2. The van der Waals surface area contributed by atoms with Gasteiger partial charge in [0, 0.05) is 18.9 Å². The Bertz CT molecular complexity index is 819. The van der Waals surface area contributed by atoms with E-state index in [1.54, 1.807) is 32.4 Å². The van der Waals surface area contributed by atoms with Crippen LogP contribution in [0, 0.1) is 10.1 Å². The summed E-state index contributed by atoms with van der Waals surface area (Å²) in [5, 5.41) is 15.2. The lowest BCUT2D eigenvalue weighted by molar-refractivity contribution is -0.385. The molecule has 0 saturated carbocycles. The van der Waals surface area contributed by atoms with Crippen LogP contribution in [0.5, 0.6) is 11.5 Å². The Morgan fingerprint density at radius 2 is 1.96 bits per heavy atom. The van der Waals surface area contributed by atoms with Crippen LogP contribution in [-0.4, -0.2) is 31.0 Å². The van der Waals surface area contributed by atoms with E-state index >= 15 is 0 Å². The number of oxime groups is 1. The van der Waals surface area contributed by atoms with Gasteiger partial charge in [0.05, 0.1) is 30.4 Å². The molecule has 0 fully saturated rings. The van der Waals surface area contributed by atoms with Crippen LogP contribution in [0.2, 0.25) is 0 Å². The number of nitro benzene ring substituents is 1. The van der Waals surface area contributed by atoms with Crippen molar-refractivity contribution in [1.82, 2.24) is 0 Å². The van der Waals surface area contributed by atoms with Crippen LogP contribution in [0.25, 0.3) is 0 Å². The van der Waals surface area contributed by atoms with Crippen LogP contribution in [0.1, 0.15) is 17.5 Å². The molecule has 1 aliphatic rings. The van der Waals surface area contributed by atoms with Gasteiger partial charge in [-0.3, -0.25) is 10.1 Å². The molecule has 0 amide bonds. The highest BCUT2D eigenvalue weighted by Gasteiger charge is 2.27. The zero-order valence-corrected chi connectivity index (χ0v) is 14.0. The molecule has 1 heterocycles. The Hall–Kier alpha value is -3.09. The van der Waals surface area contributed by atoms with Crippen LogP contribution in [-0.2, 0) is 11.3 Å². The molecule has 1 unspecified atom stereocenters. The maximum Gasteiger partial charge on any atom is 0.278 e. The summed E-state index contributed by atoms with van der Waals surface area (Å²) in [6.45, 7) is 0. The predicted molar refractivity (Wildman–Crippen MR) is 92.4 cm³/mol. The van der Waals surface area contributed by atoms with Crippen LogP contribution >= 0.6 is 0 Å². The lowest BCUT2D eigenvalue weighted by atomic mass is 9.99. The molecule has 1 aliphatic heterocycles. The summed E-state index contributed by atoms with van der Waals surface area (Å²) >= 11 is 0. The molecule has 2 aromatic carbocycles. The van der Waals surface area contributed by atoms with Gasteiger partial charge in [-0.15, -0.1) is 0 Å². The van der Waals surface area contributed by atoms with Crippen molar-refractivity contribution in [1.29, 1.82) is 0 Å². The fraction of sp³-hybridized carbons (Fsp3) is 0.278. The molecule has 2 aromatic rings. The lowest BCUT2D eigenvalue weighted by Crippen LogP contribution is -2.12. The quantitative estimate of drug-likeness (QED) is 0.594. The summed E-state index contributed by atoms with van der Waals surface area (Å²) in [6, 6.07) is 12.2. The normalized spacial score (nSPS) is 16.1. The third-order valence-electron chi connectivity index (χ3n) is 4.06. The van der Waals surface area contributed by atoms with Crippen molar-refractivity contribution >= 4 is 11.4 Å². The minimum atomic E-state index is -0.403. The van der Waals surface area contributed by atoms with Crippen LogP contribution in [0.4, 0.5) is 5.69 Å². The molecule has 3 rings (SSSR count). The van der Waals surface area contributed by atoms with Gasteiger partial charge < -0.3 is 14.3 Å². The second kappa shape index (κ2) is 7.21. The van der Waals surface area contributed by atoms with E-state index in [9.17, 15) is 10.1 Å². The van der Waals surface area contributed by atoms with Gasteiger partial charge >= 0.3 is 0 Å². The average molecular weight is 342 g/mol. The molecule has 130 valence electrons. The number of nitro groups is 1. The first-order valence-electron chi connectivity index (χ1n) is 7.79. The van der Waals surface area contributed by atoms with E-state index in [4.69, 9.17) is 14.3 Å². The number of methoxy groups -OCH3 is 2. The molecule has 0 aliphatic carbocycles. The van der Waals surface area contributed by atoms with E-state index in [-0.39, 0.29) is 11.8 Å². The largest absolute Gasteiger partial charge is 0.493 e. The van der Waals surface area contributed by atoms with Crippen molar-refractivity contribution in [3.63, 3.8) is 0 Å². The van der Waals surface area contributed by atoms with Gasteiger partial charge in [-0.25, -0.2) is 0 Å². The Labute approximate surface area is 145 Å². The molecule has 25 heavy (non-hydrogen) atoms. The van der Waals surface area contributed by atoms with E-state index in [0.29, 0.717) is 35.6 Å². The van der Waals surface area contributed by atoms with Crippen LogP contribution in [0.15, 0.2) is 47.6 Å². The van der Waals surface area contributed by atoms with Crippen LogP contribution in [0.3, 0.4) is 0 Å². The smallest absolute Gasteiger partial charge is 0.278 e. The molecule has 7 heteroatoms. The molecule has 0 spiro atoms. The van der Waals surface area contributed by atoms with Crippen molar-refractivity contribution in [2.75, 3.05) is 14.2 Å².